The Hall–Kier alpha value is -3.05. The smallest absolute Gasteiger partial charge is 0.412 e. The van der Waals surface area contributed by atoms with Gasteiger partial charge in [0.1, 0.15) is 31.6 Å². The number of hydrogen-bond donors (Lipinski definition) is 4. The highest BCUT2D eigenvalue weighted by Gasteiger charge is 2.26. The summed E-state index contributed by atoms with van der Waals surface area (Å²) in [5.41, 5.74) is 0. The number of nitrogens with one attached hydrogen (secondary N) is 3. The van der Waals surface area contributed by atoms with Gasteiger partial charge in [-0.1, -0.05) is 0 Å². The number of aliphatic carboxylic acids is 1. The lowest BCUT2D eigenvalue weighted by molar-refractivity contribution is -0.142. The van der Waals surface area contributed by atoms with Gasteiger partial charge in [-0.2, -0.15) is 0 Å². The van der Waals surface area contributed by atoms with Crippen molar-refractivity contribution >= 4 is 29.8 Å². The van der Waals surface area contributed by atoms with E-state index in [4.69, 9.17) is 33.5 Å². The molecule has 4 atom stereocenters. The number of hydrogen-bond acceptors (Lipinski definition) is 11. The molecule has 16 nitrogen and oxygen atoms in total. The molecule has 0 spiro atoms. The molecule has 0 fully saturated rings. The molecule has 0 radical (unpaired) electrons. The highest BCUT2D eigenvalue weighted by molar-refractivity contribution is 5.88. The van der Waals surface area contributed by atoms with Crippen LogP contribution >= 0.6 is 0 Å². The first-order valence-corrected chi connectivity index (χ1v) is 14.2. The van der Waals surface area contributed by atoms with Crippen molar-refractivity contribution in [1.29, 1.82) is 0 Å². The summed E-state index contributed by atoms with van der Waals surface area (Å²) in [6.07, 6.45) is -1.51. The third-order valence-electron chi connectivity index (χ3n) is 5.89. The standard InChI is InChI=1S/C27H50N4O12/c1-19(8-7-12-38-4)28-26(36)22(9-10-23(32)29-20(2)41-16-14-39-5)30-24(33)11-13-43-27(37)31(18-25(34)35)21(3)42-17-15-40-6/h19-22H,7-18H2,1-6H3,(H,28,36)(H,29,32)(H,30,33)(H,34,35). The lowest BCUT2D eigenvalue weighted by Gasteiger charge is -2.27. The van der Waals surface area contributed by atoms with Crippen LogP contribution in [-0.2, 0) is 47.6 Å². The molecule has 0 aliphatic rings. The Kier molecular flexibility index (Phi) is 22.7. The first-order chi connectivity index (χ1) is 20.4. The maximum Gasteiger partial charge on any atom is 0.412 e. The summed E-state index contributed by atoms with van der Waals surface area (Å²) >= 11 is 0. The highest BCUT2D eigenvalue weighted by Crippen LogP contribution is 2.06. The third-order valence-corrected chi connectivity index (χ3v) is 5.89. The highest BCUT2D eigenvalue weighted by atomic mass is 16.6. The van der Waals surface area contributed by atoms with Crippen molar-refractivity contribution in [3.8, 4) is 0 Å². The van der Waals surface area contributed by atoms with Gasteiger partial charge in [-0.15, -0.1) is 0 Å². The summed E-state index contributed by atoms with van der Waals surface area (Å²) in [6.45, 7) is 5.45. The van der Waals surface area contributed by atoms with E-state index >= 15 is 0 Å². The number of carbonyl (C=O) groups is 5. The molecule has 0 aromatic carbocycles. The minimum atomic E-state index is -1.28. The van der Waals surface area contributed by atoms with Crippen LogP contribution < -0.4 is 16.0 Å². The number of carboxylic acid groups (broad SMARTS) is 1. The Morgan fingerprint density at radius 3 is 1.93 bits per heavy atom. The molecule has 4 unspecified atom stereocenters. The summed E-state index contributed by atoms with van der Waals surface area (Å²) in [7, 11) is 4.58. The molecule has 4 amide bonds. The van der Waals surface area contributed by atoms with Crippen LogP contribution in [0.4, 0.5) is 4.79 Å². The van der Waals surface area contributed by atoms with E-state index in [0.29, 0.717) is 26.2 Å². The van der Waals surface area contributed by atoms with Crippen LogP contribution in [0, 0.1) is 0 Å². The predicted octanol–water partition coefficient (Wildman–Crippen LogP) is 0.230. The summed E-state index contributed by atoms with van der Waals surface area (Å²) in [6, 6.07) is -1.25. The van der Waals surface area contributed by atoms with E-state index in [9.17, 15) is 24.0 Å². The van der Waals surface area contributed by atoms with Gasteiger partial charge < -0.3 is 49.5 Å². The predicted molar refractivity (Wildman–Crippen MR) is 153 cm³/mol. The van der Waals surface area contributed by atoms with Crippen LogP contribution in [0.2, 0.25) is 0 Å². The zero-order valence-corrected chi connectivity index (χ0v) is 26.2. The number of ether oxygens (including phenoxy) is 6. The molecule has 16 heteroatoms. The van der Waals surface area contributed by atoms with Crippen molar-refractivity contribution in [1.82, 2.24) is 20.9 Å². The molecule has 250 valence electrons. The number of carbonyl (C=O) groups excluding carboxylic acids is 4. The van der Waals surface area contributed by atoms with E-state index in [2.05, 4.69) is 16.0 Å². The summed E-state index contributed by atoms with van der Waals surface area (Å²) in [5.74, 6) is -2.73. The fraction of sp³-hybridized carbons (Fsp3) is 0.815. The maximum absolute atomic E-state index is 13.0. The van der Waals surface area contributed by atoms with Gasteiger partial charge in [0, 0.05) is 40.4 Å². The minimum absolute atomic E-state index is 0.00148. The molecule has 4 N–H and O–H groups in total. The van der Waals surface area contributed by atoms with Gasteiger partial charge in [-0.25, -0.2) is 4.79 Å². The van der Waals surface area contributed by atoms with Crippen molar-refractivity contribution < 1.29 is 57.5 Å². The topological polar surface area (TPSA) is 200 Å². The van der Waals surface area contributed by atoms with Crippen LogP contribution in [0.15, 0.2) is 0 Å². The molecule has 0 aromatic rings. The Morgan fingerprint density at radius 1 is 0.721 bits per heavy atom. The Labute approximate surface area is 253 Å². The molecule has 0 saturated heterocycles. The molecule has 0 heterocycles. The largest absolute Gasteiger partial charge is 0.480 e. The minimum Gasteiger partial charge on any atom is -0.480 e. The summed E-state index contributed by atoms with van der Waals surface area (Å²) in [4.78, 5) is 62.7. The monoisotopic (exact) mass is 622 g/mol. The van der Waals surface area contributed by atoms with Gasteiger partial charge in [-0.05, 0) is 40.0 Å². The second-order valence-corrected chi connectivity index (χ2v) is 9.63. The normalized spacial score (nSPS) is 13.7. The van der Waals surface area contributed by atoms with Crippen molar-refractivity contribution in [2.24, 2.45) is 0 Å². The zero-order valence-electron chi connectivity index (χ0n) is 26.2. The second-order valence-electron chi connectivity index (χ2n) is 9.63. The third kappa shape index (κ3) is 20.5. The average molecular weight is 623 g/mol. The van der Waals surface area contributed by atoms with E-state index in [1.54, 1.807) is 14.0 Å². The molecule has 43 heavy (non-hydrogen) atoms. The van der Waals surface area contributed by atoms with Crippen LogP contribution in [-0.4, -0.2) is 132 Å². The molecular weight excluding hydrogens is 572 g/mol. The van der Waals surface area contributed by atoms with Gasteiger partial charge in [0.15, 0.2) is 0 Å². The zero-order chi connectivity index (χ0) is 32.6. The van der Waals surface area contributed by atoms with Gasteiger partial charge in [-0.3, -0.25) is 24.1 Å². The molecule has 0 aliphatic carbocycles. The van der Waals surface area contributed by atoms with Crippen molar-refractivity contribution in [2.75, 3.05) is 67.5 Å². The van der Waals surface area contributed by atoms with E-state index in [1.807, 2.05) is 6.92 Å². The van der Waals surface area contributed by atoms with Crippen LogP contribution in [0.5, 0.6) is 0 Å². The lowest BCUT2D eigenvalue weighted by Crippen LogP contribution is -2.50. The summed E-state index contributed by atoms with van der Waals surface area (Å²) in [5, 5.41) is 17.2. The number of amides is 4. The van der Waals surface area contributed by atoms with Crippen molar-refractivity contribution in [2.45, 2.75) is 77.4 Å². The van der Waals surface area contributed by atoms with Gasteiger partial charge in [0.25, 0.3) is 0 Å². The molecular formula is C27H50N4O12. The van der Waals surface area contributed by atoms with E-state index < -0.39 is 48.9 Å². The van der Waals surface area contributed by atoms with Gasteiger partial charge in [0.2, 0.25) is 17.7 Å². The number of carboxylic acids is 1. The quantitative estimate of drug-likeness (QED) is 0.0799. The van der Waals surface area contributed by atoms with E-state index in [0.717, 1.165) is 11.3 Å². The second kappa shape index (κ2) is 24.4. The fourth-order valence-corrected chi connectivity index (χ4v) is 3.60. The number of methoxy groups -OCH3 is 3. The number of nitrogens with zero attached hydrogens (tertiary/aromatic N) is 1. The SMILES string of the molecule is COCCCC(C)NC(=O)C(CCC(=O)NC(C)OCCOC)NC(=O)CCOC(=O)N(CC(=O)O)C(C)OCCOC. The van der Waals surface area contributed by atoms with Crippen molar-refractivity contribution in [3.63, 3.8) is 0 Å². The van der Waals surface area contributed by atoms with Crippen LogP contribution in [0.1, 0.15) is 52.9 Å². The molecule has 0 aliphatic heterocycles. The Bertz CT molecular complexity index is 832. The van der Waals surface area contributed by atoms with E-state index in [-0.39, 0.29) is 51.0 Å². The lowest BCUT2D eigenvalue weighted by atomic mass is 10.1. The van der Waals surface area contributed by atoms with Crippen LogP contribution in [0.25, 0.3) is 0 Å². The Balaban J connectivity index is 5.11. The van der Waals surface area contributed by atoms with Gasteiger partial charge >= 0.3 is 12.1 Å². The first kappa shape index (κ1) is 40.0. The van der Waals surface area contributed by atoms with E-state index in [1.165, 1.54) is 21.1 Å². The molecule has 0 aromatic heterocycles. The summed E-state index contributed by atoms with van der Waals surface area (Å²) < 4.78 is 30.7. The molecule has 0 bridgehead atoms. The fourth-order valence-electron chi connectivity index (χ4n) is 3.60. The van der Waals surface area contributed by atoms with Gasteiger partial charge in [0.05, 0.1) is 32.8 Å². The van der Waals surface area contributed by atoms with Crippen molar-refractivity contribution in [3.05, 3.63) is 0 Å². The first-order valence-electron chi connectivity index (χ1n) is 14.2. The molecule has 0 rings (SSSR count). The maximum atomic E-state index is 13.0. The molecule has 0 saturated carbocycles. The number of rotatable bonds is 25. The Morgan fingerprint density at radius 2 is 1.33 bits per heavy atom. The average Bonchev–Trinajstić information content (AvgIpc) is 2.94. The van der Waals surface area contributed by atoms with Crippen LogP contribution in [0.3, 0.4) is 0 Å².